The summed E-state index contributed by atoms with van der Waals surface area (Å²) in [4.78, 5) is 10.9. The van der Waals surface area contributed by atoms with Gasteiger partial charge in [-0.25, -0.2) is 0 Å². The highest BCUT2D eigenvalue weighted by Gasteiger charge is 2.15. The van der Waals surface area contributed by atoms with Crippen LogP contribution in [-0.2, 0) is 11.2 Å². The van der Waals surface area contributed by atoms with Gasteiger partial charge in [-0.1, -0.05) is 12.1 Å². The number of hydrogen-bond donors (Lipinski definition) is 4. The molecule has 6 nitrogen and oxygen atoms in total. The van der Waals surface area contributed by atoms with Gasteiger partial charge >= 0.3 is 5.97 Å². The van der Waals surface area contributed by atoms with Crippen LogP contribution in [0.4, 0.5) is 0 Å². The van der Waals surface area contributed by atoms with Crippen LogP contribution in [-0.4, -0.2) is 53.7 Å². The number of hydrogen-bond acceptors (Lipinski definition) is 5. The molecule has 1 aromatic carbocycles. The van der Waals surface area contributed by atoms with E-state index in [2.05, 4.69) is 5.32 Å². The summed E-state index contributed by atoms with van der Waals surface area (Å²) >= 11 is 0. The van der Waals surface area contributed by atoms with E-state index in [-0.39, 0.29) is 13.2 Å². The highest BCUT2D eigenvalue weighted by atomic mass is 16.5. The Bertz CT molecular complexity index is 393. The molecule has 19 heavy (non-hydrogen) atoms. The quantitative estimate of drug-likeness (QED) is 0.514. The second kappa shape index (κ2) is 7.73. The molecule has 2 atom stereocenters. The van der Waals surface area contributed by atoms with Gasteiger partial charge in [0, 0.05) is 0 Å². The van der Waals surface area contributed by atoms with Crippen molar-refractivity contribution in [3.05, 3.63) is 29.8 Å². The number of carboxylic acids is 1. The van der Waals surface area contributed by atoms with Crippen molar-refractivity contribution in [1.82, 2.24) is 5.32 Å². The molecule has 0 radical (unpaired) electrons. The zero-order chi connectivity index (χ0) is 14.3. The van der Waals surface area contributed by atoms with E-state index in [0.29, 0.717) is 12.2 Å². The number of nitrogens with one attached hydrogen (secondary N) is 1. The van der Waals surface area contributed by atoms with Gasteiger partial charge in [0.2, 0.25) is 0 Å². The largest absolute Gasteiger partial charge is 0.491 e. The van der Waals surface area contributed by atoms with E-state index < -0.39 is 18.1 Å². The van der Waals surface area contributed by atoms with Crippen LogP contribution in [0.25, 0.3) is 0 Å². The summed E-state index contributed by atoms with van der Waals surface area (Å²) in [5, 5.41) is 29.4. The molecule has 0 saturated heterocycles. The van der Waals surface area contributed by atoms with Crippen LogP contribution in [0.2, 0.25) is 0 Å². The Morgan fingerprint density at radius 1 is 1.37 bits per heavy atom. The Morgan fingerprint density at radius 3 is 2.47 bits per heavy atom. The maximum Gasteiger partial charge on any atom is 0.321 e. The van der Waals surface area contributed by atoms with Crippen LogP contribution in [0.15, 0.2) is 24.3 Å². The topological polar surface area (TPSA) is 99.0 Å². The maximum absolute atomic E-state index is 10.9. The van der Waals surface area contributed by atoms with Gasteiger partial charge in [0.05, 0.1) is 6.61 Å². The van der Waals surface area contributed by atoms with Crippen molar-refractivity contribution in [2.24, 2.45) is 0 Å². The Kier molecular flexibility index (Phi) is 6.27. The van der Waals surface area contributed by atoms with Crippen molar-refractivity contribution in [1.29, 1.82) is 0 Å². The third kappa shape index (κ3) is 5.25. The molecule has 1 rings (SSSR count). The van der Waals surface area contributed by atoms with Gasteiger partial charge < -0.3 is 25.4 Å². The Balaban J connectivity index is 2.53. The van der Waals surface area contributed by atoms with E-state index >= 15 is 0 Å². The number of aliphatic carboxylic acids is 1. The van der Waals surface area contributed by atoms with Gasteiger partial charge in [-0.05, 0) is 31.2 Å². The monoisotopic (exact) mass is 269 g/mol. The van der Waals surface area contributed by atoms with Crippen LogP contribution in [0.1, 0.15) is 5.56 Å². The lowest BCUT2D eigenvalue weighted by molar-refractivity contribution is -0.139. The molecule has 106 valence electrons. The first kappa shape index (κ1) is 15.4. The van der Waals surface area contributed by atoms with Crippen LogP contribution < -0.4 is 10.1 Å². The van der Waals surface area contributed by atoms with Crippen molar-refractivity contribution < 1.29 is 24.9 Å². The molecule has 6 heteroatoms. The van der Waals surface area contributed by atoms with E-state index in [0.717, 1.165) is 5.56 Å². The third-order valence-electron chi connectivity index (χ3n) is 2.66. The molecule has 0 heterocycles. The highest BCUT2D eigenvalue weighted by molar-refractivity contribution is 5.73. The minimum Gasteiger partial charge on any atom is -0.491 e. The third-order valence-corrected chi connectivity index (χ3v) is 2.66. The Hall–Kier alpha value is -1.63. The van der Waals surface area contributed by atoms with Gasteiger partial charge in [-0.3, -0.25) is 4.79 Å². The molecule has 0 saturated carbocycles. The highest BCUT2D eigenvalue weighted by Crippen LogP contribution is 2.13. The maximum atomic E-state index is 10.9. The van der Waals surface area contributed by atoms with Crippen molar-refractivity contribution in [3.63, 3.8) is 0 Å². The molecule has 0 aliphatic rings. The molecule has 1 aromatic rings. The number of aliphatic hydroxyl groups excluding tert-OH is 2. The average Bonchev–Trinajstić information content (AvgIpc) is 2.42. The molecular formula is C13H19NO5. The zero-order valence-electron chi connectivity index (χ0n) is 10.7. The van der Waals surface area contributed by atoms with E-state index in [1.54, 1.807) is 31.3 Å². The molecular weight excluding hydrogens is 250 g/mol. The molecule has 0 amide bonds. The summed E-state index contributed by atoms with van der Waals surface area (Å²) in [5.41, 5.74) is 0.872. The van der Waals surface area contributed by atoms with Crippen LogP contribution in [0.3, 0.4) is 0 Å². The predicted octanol–water partition coefficient (Wildman–Crippen LogP) is -0.366. The van der Waals surface area contributed by atoms with Gasteiger partial charge in [0.1, 0.15) is 24.5 Å². The molecule has 4 N–H and O–H groups in total. The smallest absolute Gasteiger partial charge is 0.321 e. The zero-order valence-corrected chi connectivity index (χ0v) is 10.7. The lowest BCUT2D eigenvalue weighted by Crippen LogP contribution is -2.35. The van der Waals surface area contributed by atoms with Crippen molar-refractivity contribution >= 4 is 5.97 Å². The van der Waals surface area contributed by atoms with Gasteiger partial charge in [0.15, 0.2) is 0 Å². The lowest BCUT2D eigenvalue weighted by atomic mass is 10.1. The molecule has 0 bridgehead atoms. The summed E-state index contributed by atoms with van der Waals surface area (Å²) in [6, 6.07) is 6.33. The Labute approximate surface area is 111 Å². The molecule has 1 unspecified atom stereocenters. The second-order valence-corrected chi connectivity index (χ2v) is 4.17. The van der Waals surface area contributed by atoms with E-state index in [1.807, 2.05) is 0 Å². The standard InChI is InChI=1S/C13H19NO5/c1-14-12(13(17)18)6-9-2-4-11(5-3-9)19-8-10(16)7-15/h2-5,10,12,14-16H,6-8H2,1H3,(H,17,18)/t10?,12-/m0/s1. The Morgan fingerprint density at radius 2 is 2.00 bits per heavy atom. The number of ether oxygens (including phenoxy) is 1. The number of carboxylic acid groups (broad SMARTS) is 1. The van der Waals surface area contributed by atoms with Gasteiger partial charge in [-0.2, -0.15) is 0 Å². The fourth-order valence-electron chi connectivity index (χ4n) is 1.52. The first-order valence-electron chi connectivity index (χ1n) is 5.97. The predicted molar refractivity (Wildman–Crippen MR) is 69.2 cm³/mol. The minimum absolute atomic E-state index is 0.0180. The van der Waals surface area contributed by atoms with E-state index in [4.69, 9.17) is 20.1 Å². The minimum atomic E-state index is -0.902. The van der Waals surface area contributed by atoms with Gasteiger partial charge in [-0.15, -0.1) is 0 Å². The van der Waals surface area contributed by atoms with Crippen molar-refractivity contribution in [3.8, 4) is 5.75 Å². The molecule has 0 aromatic heterocycles. The molecule has 0 spiro atoms. The van der Waals surface area contributed by atoms with Crippen molar-refractivity contribution in [2.75, 3.05) is 20.3 Å². The molecule has 0 aliphatic carbocycles. The fourth-order valence-corrected chi connectivity index (χ4v) is 1.52. The summed E-state index contributed by atoms with van der Waals surface area (Å²) in [6.07, 6.45) is -0.522. The van der Waals surface area contributed by atoms with Crippen LogP contribution >= 0.6 is 0 Å². The second-order valence-electron chi connectivity index (χ2n) is 4.17. The SMILES string of the molecule is CN[C@@H](Cc1ccc(OCC(O)CO)cc1)C(=O)O. The normalized spacial score (nSPS) is 13.8. The fraction of sp³-hybridized carbons (Fsp3) is 0.462. The average molecular weight is 269 g/mol. The van der Waals surface area contributed by atoms with E-state index in [9.17, 15) is 4.79 Å². The van der Waals surface area contributed by atoms with Gasteiger partial charge in [0.25, 0.3) is 0 Å². The van der Waals surface area contributed by atoms with E-state index in [1.165, 1.54) is 0 Å². The number of likely N-dealkylation sites (N-methyl/N-ethyl adjacent to an activating group) is 1. The van der Waals surface area contributed by atoms with Crippen molar-refractivity contribution in [2.45, 2.75) is 18.6 Å². The number of benzene rings is 1. The summed E-state index contributed by atoms with van der Waals surface area (Å²) < 4.78 is 5.25. The molecule has 0 fully saturated rings. The number of carbonyl (C=O) groups is 1. The first-order chi connectivity index (χ1) is 9.06. The van der Waals surface area contributed by atoms with Crippen LogP contribution in [0, 0.1) is 0 Å². The lowest BCUT2D eigenvalue weighted by Gasteiger charge is -2.12. The summed E-state index contributed by atoms with van der Waals surface area (Å²) in [7, 11) is 1.60. The summed E-state index contributed by atoms with van der Waals surface area (Å²) in [6.45, 7) is -0.329. The van der Waals surface area contributed by atoms with Crippen LogP contribution in [0.5, 0.6) is 5.75 Å². The first-order valence-corrected chi connectivity index (χ1v) is 5.97. The molecule has 0 aliphatic heterocycles. The number of aliphatic hydroxyl groups is 2. The summed E-state index contributed by atoms with van der Waals surface area (Å²) in [5.74, 6) is -0.332. The number of rotatable bonds is 8.